The van der Waals surface area contributed by atoms with Crippen LogP contribution in [-0.4, -0.2) is 103 Å². The number of imidazole rings is 1. The molecule has 4 atom stereocenters. The lowest BCUT2D eigenvalue weighted by Gasteiger charge is -2.42. The first-order valence-corrected chi connectivity index (χ1v) is 16.8. The molecule has 4 heterocycles. The number of allylic oxidation sites excluding steroid dienone is 1. The first-order chi connectivity index (χ1) is 22.8. The highest BCUT2D eigenvalue weighted by Gasteiger charge is 2.43. The minimum absolute atomic E-state index is 0.00212. The molecule has 258 valence electrons. The number of carbonyl (C=O) groups excluding carboxylic acids is 2. The number of nitrogens with zero attached hydrogens (tertiary/aromatic N) is 4. The van der Waals surface area contributed by atoms with Crippen LogP contribution in [0.1, 0.15) is 50.4 Å². The Kier molecular flexibility index (Phi) is 12.5. The number of halogens is 3. The van der Waals surface area contributed by atoms with Crippen molar-refractivity contribution >= 4 is 11.8 Å². The van der Waals surface area contributed by atoms with E-state index in [0.717, 1.165) is 37.5 Å². The van der Waals surface area contributed by atoms with Crippen LogP contribution in [0.4, 0.5) is 13.2 Å². The van der Waals surface area contributed by atoms with Crippen LogP contribution in [0.15, 0.2) is 37.1 Å². The van der Waals surface area contributed by atoms with Gasteiger partial charge in [0.15, 0.2) is 6.10 Å². The van der Waals surface area contributed by atoms with Gasteiger partial charge < -0.3 is 34.9 Å². The van der Waals surface area contributed by atoms with E-state index >= 15 is 4.39 Å². The number of nitrogens with two attached hydrogens (primary N) is 1. The first-order valence-electron chi connectivity index (χ1n) is 16.8. The molecule has 2 amide bonds. The van der Waals surface area contributed by atoms with Gasteiger partial charge in [-0.25, -0.2) is 18.2 Å². The lowest BCUT2D eigenvalue weighted by molar-refractivity contribution is -0.159. The van der Waals surface area contributed by atoms with E-state index in [0.29, 0.717) is 64.5 Å². The quantitative estimate of drug-likeness (QED) is 0.235. The molecule has 13 heteroatoms. The summed E-state index contributed by atoms with van der Waals surface area (Å²) in [5.74, 6) is -1.76. The van der Waals surface area contributed by atoms with E-state index in [4.69, 9.17) is 20.2 Å². The number of ether oxygens (including phenoxy) is 2. The topological polar surface area (TPSA) is 115 Å². The van der Waals surface area contributed by atoms with Gasteiger partial charge in [-0.3, -0.25) is 9.59 Å². The van der Waals surface area contributed by atoms with Gasteiger partial charge in [0.25, 0.3) is 5.91 Å². The number of benzene rings is 1. The first kappa shape index (κ1) is 35.1. The molecule has 2 aromatic rings. The number of unbranched alkanes of at least 4 members (excludes halogenated alkanes) is 2. The SMILES string of the molecule is C=CCn1cc(-c2cc(F)ccc2F)nc1C(C1CCOCC1)N(CC1CNCC1F)C(=O)C1CN(C(=O)CCCCCN)CCO1. The Morgan fingerprint density at radius 1 is 1.17 bits per heavy atom. The molecule has 3 aliphatic rings. The van der Waals surface area contributed by atoms with Crippen molar-refractivity contribution in [2.45, 2.75) is 63.4 Å². The van der Waals surface area contributed by atoms with Gasteiger partial charge in [0, 0.05) is 70.0 Å². The lowest BCUT2D eigenvalue weighted by atomic mass is 9.88. The second-order valence-electron chi connectivity index (χ2n) is 12.7. The number of hydrogen-bond donors (Lipinski definition) is 2. The largest absolute Gasteiger partial charge is 0.381 e. The molecule has 0 aliphatic carbocycles. The highest BCUT2D eigenvalue weighted by molar-refractivity contribution is 5.83. The summed E-state index contributed by atoms with van der Waals surface area (Å²) in [6.45, 7) is 7.04. The molecule has 0 radical (unpaired) electrons. The maximum absolute atomic E-state index is 15.2. The zero-order chi connectivity index (χ0) is 33.3. The number of nitrogens with one attached hydrogen (secondary N) is 1. The second kappa shape index (κ2) is 16.7. The van der Waals surface area contributed by atoms with Gasteiger partial charge in [-0.15, -0.1) is 6.58 Å². The van der Waals surface area contributed by atoms with Gasteiger partial charge in [0.2, 0.25) is 5.91 Å². The number of carbonyl (C=O) groups is 2. The maximum atomic E-state index is 15.2. The van der Waals surface area contributed by atoms with Crippen LogP contribution in [0, 0.1) is 23.5 Å². The summed E-state index contributed by atoms with van der Waals surface area (Å²) in [6, 6.07) is 2.55. The third kappa shape index (κ3) is 8.62. The van der Waals surface area contributed by atoms with Gasteiger partial charge in [0.05, 0.1) is 24.9 Å². The average Bonchev–Trinajstić information content (AvgIpc) is 3.69. The van der Waals surface area contributed by atoms with E-state index < -0.39 is 35.9 Å². The van der Waals surface area contributed by atoms with Crippen molar-refractivity contribution in [1.82, 2.24) is 24.7 Å². The molecular weight excluding hydrogens is 613 g/mol. The molecule has 10 nitrogen and oxygen atoms in total. The summed E-state index contributed by atoms with van der Waals surface area (Å²) in [5, 5.41) is 3.09. The van der Waals surface area contributed by atoms with E-state index in [1.54, 1.807) is 26.6 Å². The third-order valence-electron chi connectivity index (χ3n) is 9.41. The monoisotopic (exact) mass is 660 g/mol. The molecule has 3 saturated heterocycles. The zero-order valence-electron chi connectivity index (χ0n) is 26.9. The second-order valence-corrected chi connectivity index (χ2v) is 12.7. The number of amides is 2. The van der Waals surface area contributed by atoms with E-state index in [1.165, 1.54) is 0 Å². The predicted molar refractivity (Wildman–Crippen MR) is 171 cm³/mol. The Bertz CT molecular complexity index is 1370. The molecule has 3 aliphatic heterocycles. The normalized spacial score (nSPS) is 22.7. The highest BCUT2D eigenvalue weighted by Crippen LogP contribution is 2.38. The maximum Gasteiger partial charge on any atom is 0.254 e. The van der Waals surface area contributed by atoms with E-state index in [-0.39, 0.29) is 55.2 Å². The summed E-state index contributed by atoms with van der Waals surface area (Å²) in [7, 11) is 0. The van der Waals surface area contributed by atoms with Crippen molar-refractivity contribution < 1.29 is 32.2 Å². The van der Waals surface area contributed by atoms with Gasteiger partial charge in [-0.05, 0) is 56.3 Å². The molecule has 3 N–H and O–H groups in total. The molecule has 0 saturated carbocycles. The van der Waals surface area contributed by atoms with Crippen molar-refractivity contribution in [3.05, 3.63) is 54.5 Å². The molecule has 3 fully saturated rings. The van der Waals surface area contributed by atoms with Crippen LogP contribution < -0.4 is 11.1 Å². The highest BCUT2D eigenvalue weighted by atomic mass is 19.1. The number of hydrogen-bond acceptors (Lipinski definition) is 7. The Morgan fingerprint density at radius 2 is 1.98 bits per heavy atom. The Balaban J connectivity index is 1.52. The van der Waals surface area contributed by atoms with Gasteiger partial charge in [-0.1, -0.05) is 12.5 Å². The van der Waals surface area contributed by atoms with Gasteiger partial charge in [-0.2, -0.15) is 0 Å². The molecule has 1 aromatic carbocycles. The molecule has 5 rings (SSSR count). The predicted octanol–water partition coefficient (Wildman–Crippen LogP) is 3.61. The Labute approximate surface area is 274 Å². The molecule has 1 aromatic heterocycles. The van der Waals surface area contributed by atoms with E-state index in [2.05, 4.69) is 11.9 Å². The van der Waals surface area contributed by atoms with Crippen molar-refractivity contribution in [3.63, 3.8) is 0 Å². The summed E-state index contributed by atoms with van der Waals surface area (Å²) >= 11 is 0. The van der Waals surface area contributed by atoms with Crippen LogP contribution in [0.25, 0.3) is 11.3 Å². The lowest BCUT2D eigenvalue weighted by Crippen LogP contribution is -2.55. The van der Waals surface area contributed by atoms with Crippen LogP contribution >= 0.6 is 0 Å². The minimum Gasteiger partial charge on any atom is -0.381 e. The molecular formula is C34H47F3N6O4. The van der Waals surface area contributed by atoms with Gasteiger partial charge in [0.1, 0.15) is 23.6 Å². The summed E-state index contributed by atoms with van der Waals surface area (Å²) in [6.07, 6.45) is 5.21. The number of rotatable bonds is 14. The van der Waals surface area contributed by atoms with Crippen molar-refractivity contribution in [3.8, 4) is 11.3 Å². The van der Waals surface area contributed by atoms with Crippen LogP contribution in [0.5, 0.6) is 0 Å². The zero-order valence-corrected chi connectivity index (χ0v) is 26.9. The molecule has 47 heavy (non-hydrogen) atoms. The third-order valence-corrected chi connectivity index (χ3v) is 9.41. The van der Waals surface area contributed by atoms with Crippen LogP contribution in [0.2, 0.25) is 0 Å². The molecule has 0 bridgehead atoms. The molecule has 0 spiro atoms. The fraction of sp³-hybridized carbons (Fsp3) is 0.618. The van der Waals surface area contributed by atoms with Crippen molar-refractivity contribution in [2.75, 3.05) is 59.1 Å². The number of aromatic nitrogens is 2. The van der Waals surface area contributed by atoms with E-state index in [1.807, 2.05) is 0 Å². The number of alkyl halides is 1. The summed E-state index contributed by atoms with van der Waals surface area (Å²) in [4.78, 5) is 36.0. The molecule has 4 unspecified atom stereocenters. The van der Waals surface area contributed by atoms with Gasteiger partial charge >= 0.3 is 0 Å². The summed E-state index contributed by atoms with van der Waals surface area (Å²) in [5.41, 5.74) is 5.81. The van der Waals surface area contributed by atoms with Crippen molar-refractivity contribution in [1.29, 1.82) is 0 Å². The summed E-state index contributed by atoms with van der Waals surface area (Å²) < 4.78 is 57.9. The fourth-order valence-corrected chi connectivity index (χ4v) is 6.85. The standard InChI is InChI=1S/C34H47F3N6O4/c1-2-12-42-21-29(26-17-25(35)7-8-27(26)36)40-33(42)32(23-9-14-46-15-10-23)43(20-24-18-39-19-28(24)37)34(45)30-22-41(13-16-47-30)31(44)6-4-3-5-11-38/h2,7-8,17,21,23-24,28,30,32,39H,1,3-6,9-16,18-20,22,38H2. The van der Waals surface area contributed by atoms with E-state index in [9.17, 15) is 18.4 Å². The number of morpholine rings is 1. The fourth-order valence-electron chi connectivity index (χ4n) is 6.85. The Hall–Kier alpha value is -3.26. The Morgan fingerprint density at radius 3 is 2.70 bits per heavy atom. The van der Waals surface area contributed by atoms with Crippen LogP contribution in [-0.2, 0) is 25.6 Å². The van der Waals surface area contributed by atoms with Crippen LogP contribution in [0.3, 0.4) is 0 Å². The smallest absolute Gasteiger partial charge is 0.254 e. The average molecular weight is 661 g/mol. The van der Waals surface area contributed by atoms with Crippen molar-refractivity contribution in [2.24, 2.45) is 17.6 Å². The minimum atomic E-state index is -1.16.